The van der Waals surface area contributed by atoms with Crippen LogP contribution in [0.15, 0.2) is 58.4 Å². The molecule has 0 atom stereocenters. The highest BCUT2D eigenvalue weighted by Gasteiger charge is 2.29. The van der Waals surface area contributed by atoms with Crippen LogP contribution in [0.3, 0.4) is 0 Å². The highest BCUT2D eigenvalue weighted by Crippen LogP contribution is 2.38. The summed E-state index contributed by atoms with van der Waals surface area (Å²) in [6.45, 7) is 0.199. The Labute approximate surface area is 175 Å². The van der Waals surface area contributed by atoms with Gasteiger partial charge in [-0.1, -0.05) is 30.3 Å². The molecule has 0 unspecified atom stereocenters. The molecule has 0 spiro atoms. The van der Waals surface area contributed by atoms with Gasteiger partial charge in [-0.2, -0.15) is 4.98 Å². The van der Waals surface area contributed by atoms with Crippen LogP contribution in [0.25, 0.3) is 27.7 Å². The third kappa shape index (κ3) is 2.76. The zero-order chi connectivity index (χ0) is 20.8. The molecule has 1 aliphatic heterocycles. The van der Waals surface area contributed by atoms with E-state index in [-0.39, 0.29) is 12.3 Å². The Hall–Kier alpha value is -3.65. The fourth-order valence-electron chi connectivity index (χ4n) is 3.65. The maximum absolute atomic E-state index is 12.8. The molecule has 5 rings (SSSR count). The number of hydrogen-bond acceptors (Lipinski definition) is 7. The van der Waals surface area contributed by atoms with Crippen molar-refractivity contribution in [2.75, 3.05) is 14.2 Å². The zero-order valence-corrected chi connectivity index (χ0v) is 17.1. The molecule has 0 aliphatic carbocycles. The molecule has 7 nitrogen and oxygen atoms in total. The summed E-state index contributed by atoms with van der Waals surface area (Å²) in [7, 11) is 3.05. The second-order valence-corrected chi connectivity index (χ2v) is 7.63. The molecule has 150 valence electrons. The van der Waals surface area contributed by atoms with Crippen LogP contribution >= 0.6 is 11.3 Å². The summed E-state index contributed by atoms with van der Waals surface area (Å²) in [5, 5.41) is 13.7. The van der Waals surface area contributed by atoms with E-state index in [4.69, 9.17) is 9.47 Å². The molecule has 1 aliphatic rings. The quantitative estimate of drug-likeness (QED) is 0.540. The van der Waals surface area contributed by atoms with E-state index in [9.17, 15) is 9.90 Å². The van der Waals surface area contributed by atoms with Crippen molar-refractivity contribution in [1.29, 1.82) is 0 Å². The molecule has 0 saturated heterocycles. The van der Waals surface area contributed by atoms with Gasteiger partial charge in [0.2, 0.25) is 0 Å². The summed E-state index contributed by atoms with van der Waals surface area (Å²) in [4.78, 5) is 21.7. The largest absolute Gasteiger partial charge is 0.510 e. The summed E-state index contributed by atoms with van der Waals surface area (Å²) >= 11 is 1.40. The second kappa shape index (κ2) is 7.00. The molecule has 0 amide bonds. The van der Waals surface area contributed by atoms with Crippen LogP contribution < -0.4 is 15.0 Å². The van der Waals surface area contributed by atoms with Crippen molar-refractivity contribution in [2.24, 2.45) is 0 Å². The van der Waals surface area contributed by atoms with E-state index in [1.165, 1.54) is 25.6 Å². The molecule has 0 radical (unpaired) electrons. The minimum Gasteiger partial charge on any atom is -0.510 e. The normalized spacial score (nSPS) is 13.0. The molecule has 3 heterocycles. The molecule has 4 aromatic rings. The predicted octanol–water partition coefficient (Wildman–Crippen LogP) is 3.87. The first-order valence-electron chi connectivity index (χ1n) is 9.21. The Morgan fingerprint density at radius 2 is 1.80 bits per heavy atom. The highest BCUT2D eigenvalue weighted by atomic mass is 32.1. The van der Waals surface area contributed by atoms with Crippen LogP contribution in [-0.2, 0) is 6.54 Å². The Kier molecular flexibility index (Phi) is 4.29. The number of allylic oxidation sites excluding steroid dienone is 1. The number of aliphatic hydroxyl groups excluding tert-OH is 1. The number of methoxy groups -OCH3 is 2. The van der Waals surface area contributed by atoms with Gasteiger partial charge >= 0.3 is 0 Å². The molecule has 0 fully saturated rings. The summed E-state index contributed by atoms with van der Waals surface area (Å²) in [5.41, 5.74) is 2.49. The number of hydrogen-bond donors (Lipinski definition) is 1. The first-order chi connectivity index (χ1) is 14.6. The van der Waals surface area contributed by atoms with Gasteiger partial charge in [0.1, 0.15) is 10.8 Å². The van der Waals surface area contributed by atoms with E-state index in [1.54, 1.807) is 16.7 Å². The van der Waals surface area contributed by atoms with Gasteiger partial charge in [0.15, 0.2) is 17.3 Å². The number of thiazole rings is 1. The van der Waals surface area contributed by atoms with Crippen molar-refractivity contribution in [3.63, 3.8) is 0 Å². The van der Waals surface area contributed by atoms with Crippen molar-refractivity contribution in [2.45, 2.75) is 6.54 Å². The molecule has 8 heteroatoms. The molecule has 0 saturated carbocycles. The van der Waals surface area contributed by atoms with E-state index in [2.05, 4.69) is 9.97 Å². The van der Waals surface area contributed by atoms with Gasteiger partial charge in [0.05, 0.1) is 42.9 Å². The van der Waals surface area contributed by atoms with Crippen molar-refractivity contribution in [3.05, 3.63) is 74.8 Å². The zero-order valence-electron chi connectivity index (χ0n) is 16.2. The van der Waals surface area contributed by atoms with Crippen LogP contribution in [0.5, 0.6) is 11.5 Å². The summed E-state index contributed by atoms with van der Waals surface area (Å²) in [5.74, 6) is 1.47. The average molecular weight is 419 g/mol. The van der Waals surface area contributed by atoms with Crippen LogP contribution in [0.2, 0.25) is 0 Å². The van der Waals surface area contributed by atoms with Crippen LogP contribution in [0.4, 0.5) is 0 Å². The van der Waals surface area contributed by atoms with Crippen molar-refractivity contribution in [3.8, 4) is 22.8 Å². The molecule has 2 aromatic carbocycles. The van der Waals surface area contributed by atoms with Gasteiger partial charge in [-0.25, -0.2) is 4.98 Å². The van der Waals surface area contributed by atoms with Crippen molar-refractivity contribution < 1.29 is 14.6 Å². The van der Waals surface area contributed by atoms with E-state index in [0.29, 0.717) is 38.8 Å². The monoisotopic (exact) mass is 419 g/mol. The van der Waals surface area contributed by atoms with E-state index >= 15 is 0 Å². The van der Waals surface area contributed by atoms with Gasteiger partial charge in [0.25, 0.3) is 5.56 Å². The lowest BCUT2D eigenvalue weighted by atomic mass is 10.2. The standard InChI is InChI=1S/C22H17N3O4S/c1-28-17-8-13-15(9-18(17)29-2)25-10-16(26)19(20(25)24-21(13)27)22-23-14(11-30-22)12-6-4-3-5-7-12/h3-9,11,26H,10H2,1-2H3. The van der Waals surface area contributed by atoms with E-state index in [1.807, 2.05) is 35.7 Å². The molecule has 1 N–H and O–H groups in total. The second-order valence-electron chi connectivity index (χ2n) is 6.78. The maximum Gasteiger partial charge on any atom is 0.281 e. The van der Waals surface area contributed by atoms with E-state index in [0.717, 1.165) is 11.3 Å². The lowest BCUT2D eigenvalue weighted by molar-refractivity contribution is 0.355. The average Bonchev–Trinajstić information content (AvgIpc) is 3.37. The van der Waals surface area contributed by atoms with E-state index < -0.39 is 5.56 Å². The number of benzene rings is 2. The van der Waals surface area contributed by atoms with Crippen molar-refractivity contribution >= 4 is 27.8 Å². The number of ether oxygens (including phenoxy) is 2. The molecule has 2 aromatic heterocycles. The SMILES string of the molecule is COc1cc2c(=O)nc3n(c2cc1OC)CC(O)=C3c1nc(-c2ccccc2)cs1. The number of aromatic nitrogens is 3. The number of fused-ring (bicyclic) bond motifs is 3. The molecular formula is C22H17N3O4S. The lowest BCUT2D eigenvalue weighted by Gasteiger charge is -2.13. The minimum atomic E-state index is -0.399. The first-order valence-corrected chi connectivity index (χ1v) is 10.1. The van der Waals surface area contributed by atoms with Gasteiger partial charge in [-0.15, -0.1) is 11.3 Å². The Bertz CT molecular complexity index is 1370. The topological polar surface area (TPSA) is 86.5 Å². The fraction of sp³-hybridized carbons (Fsp3) is 0.136. The fourth-order valence-corrected chi connectivity index (χ4v) is 4.54. The van der Waals surface area contributed by atoms with Crippen LogP contribution in [-0.4, -0.2) is 33.9 Å². The number of rotatable bonds is 4. The molecular weight excluding hydrogens is 402 g/mol. The highest BCUT2D eigenvalue weighted by molar-refractivity contribution is 7.11. The van der Waals surface area contributed by atoms with Gasteiger partial charge in [-0.3, -0.25) is 4.79 Å². The van der Waals surface area contributed by atoms with Crippen LogP contribution in [0, 0.1) is 0 Å². The van der Waals surface area contributed by atoms with Crippen molar-refractivity contribution in [1.82, 2.24) is 14.5 Å². The summed E-state index contributed by atoms with van der Waals surface area (Å²) in [6, 6.07) is 13.1. The minimum absolute atomic E-state index is 0.123. The summed E-state index contributed by atoms with van der Waals surface area (Å²) < 4.78 is 12.5. The van der Waals surface area contributed by atoms with Crippen LogP contribution in [0.1, 0.15) is 10.8 Å². The van der Waals surface area contributed by atoms with Gasteiger partial charge in [-0.05, 0) is 6.07 Å². The summed E-state index contributed by atoms with van der Waals surface area (Å²) in [6.07, 6.45) is 0. The third-order valence-electron chi connectivity index (χ3n) is 5.09. The Morgan fingerprint density at radius 1 is 1.07 bits per heavy atom. The Morgan fingerprint density at radius 3 is 2.53 bits per heavy atom. The predicted molar refractivity (Wildman–Crippen MR) is 115 cm³/mol. The first kappa shape index (κ1) is 18.4. The molecule has 0 bridgehead atoms. The third-order valence-corrected chi connectivity index (χ3v) is 5.95. The Balaban J connectivity index is 1.67. The maximum atomic E-state index is 12.8. The number of aliphatic hydroxyl groups is 1. The van der Waals surface area contributed by atoms with Gasteiger partial charge in [0, 0.05) is 17.0 Å². The lowest BCUT2D eigenvalue weighted by Crippen LogP contribution is -2.16. The van der Waals surface area contributed by atoms with Gasteiger partial charge < -0.3 is 19.1 Å². The molecule has 30 heavy (non-hydrogen) atoms. The smallest absolute Gasteiger partial charge is 0.281 e. The number of nitrogens with zero attached hydrogens (tertiary/aromatic N) is 3.